The van der Waals surface area contributed by atoms with Crippen molar-refractivity contribution in [3.05, 3.63) is 63.2 Å². The summed E-state index contributed by atoms with van der Waals surface area (Å²) in [5.41, 5.74) is 6.66. The van der Waals surface area contributed by atoms with Crippen LogP contribution in [0.4, 0.5) is 5.69 Å². The Kier molecular flexibility index (Phi) is 5.45. The molecule has 0 bridgehead atoms. The highest BCUT2D eigenvalue weighted by Gasteiger charge is 2.09. The van der Waals surface area contributed by atoms with E-state index in [1.165, 1.54) is 0 Å². The molecule has 2 aromatic carbocycles. The highest BCUT2D eigenvalue weighted by atomic mass is 127. The summed E-state index contributed by atoms with van der Waals surface area (Å²) >= 11 is 7.22. The number of hydrogen-bond acceptors (Lipinski definition) is 3. The van der Waals surface area contributed by atoms with E-state index in [-0.39, 0.29) is 11.0 Å². The number of halogens is 1. The zero-order valence-corrected chi connectivity index (χ0v) is 14.3. The van der Waals surface area contributed by atoms with Crippen molar-refractivity contribution < 1.29 is 9.59 Å². The van der Waals surface area contributed by atoms with E-state index in [0.717, 1.165) is 3.57 Å². The fourth-order valence-corrected chi connectivity index (χ4v) is 2.47. The molecule has 112 valence electrons. The second-order valence-corrected chi connectivity index (χ2v) is 6.02. The van der Waals surface area contributed by atoms with Crippen molar-refractivity contribution in [2.24, 2.45) is 5.73 Å². The molecule has 0 saturated heterocycles. The molecule has 0 atom stereocenters. The number of hydrogen-bond donors (Lipinski definition) is 3. The number of amides is 2. The molecule has 2 rings (SSSR count). The SMILES string of the molecule is NC(=O)c1cccc(NC(=S)NC(=O)c2cccc(I)c2)c1. The average Bonchev–Trinajstić information content (AvgIpc) is 2.47. The molecule has 5 nitrogen and oxygen atoms in total. The van der Waals surface area contributed by atoms with Gasteiger partial charge in [0.05, 0.1) is 0 Å². The van der Waals surface area contributed by atoms with Crippen LogP contribution in [0.2, 0.25) is 0 Å². The zero-order chi connectivity index (χ0) is 16.1. The highest BCUT2D eigenvalue weighted by Crippen LogP contribution is 2.11. The van der Waals surface area contributed by atoms with Gasteiger partial charge in [0.1, 0.15) is 0 Å². The molecule has 0 aliphatic heterocycles. The first kappa shape index (κ1) is 16.4. The summed E-state index contributed by atoms with van der Waals surface area (Å²) < 4.78 is 0.957. The molecule has 0 aliphatic carbocycles. The van der Waals surface area contributed by atoms with Crippen LogP contribution < -0.4 is 16.4 Å². The molecular formula is C15H12IN3O2S. The molecule has 0 heterocycles. The monoisotopic (exact) mass is 425 g/mol. The van der Waals surface area contributed by atoms with Crippen molar-refractivity contribution in [1.29, 1.82) is 0 Å². The van der Waals surface area contributed by atoms with Crippen LogP contribution in [0.25, 0.3) is 0 Å². The summed E-state index contributed by atoms with van der Waals surface area (Å²) in [6.07, 6.45) is 0. The molecule has 0 radical (unpaired) electrons. The summed E-state index contributed by atoms with van der Waals surface area (Å²) in [6, 6.07) is 13.7. The fraction of sp³-hybridized carbons (Fsp3) is 0. The van der Waals surface area contributed by atoms with Gasteiger partial charge in [-0.3, -0.25) is 14.9 Å². The molecule has 0 unspecified atom stereocenters. The second kappa shape index (κ2) is 7.32. The van der Waals surface area contributed by atoms with E-state index in [4.69, 9.17) is 18.0 Å². The molecule has 22 heavy (non-hydrogen) atoms. The lowest BCUT2D eigenvalue weighted by Crippen LogP contribution is -2.34. The van der Waals surface area contributed by atoms with Gasteiger partial charge < -0.3 is 11.1 Å². The van der Waals surface area contributed by atoms with Gasteiger partial charge in [0, 0.05) is 20.4 Å². The van der Waals surface area contributed by atoms with Crippen molar-refractivity contribution in [1.82, 2.24) is 5.32 Å². The molecule has 0 aromatic heterocycles. The van der Waals surface area contributed by atoms with Crippen molar-refractivity contribution in [2.75, 3.05) is 5.32 Å². The molecule has 7 heteroatoms. The molecule has 4 N–H and O–H groups in total. The molecule has 2 aromatic rings. The van der Waals surface area contributed by atoms with Crippen molar-refractivity contribution >= 4 is 57.4 Å². The van der Waals surface area contributed by atoms with E-state index >= 15 is 0 Å². The second-order valence-electron chi connectivity index (χ2n) is 4.36. The van der Waals surface area contributed by atoms with E-state index in [0.29, 0.717) is 16.8 Å². The lowest BCUT2D eigenvalue weighted by atomic mass is 10.2. The molecule has 0 fully saturated rings. The number of primary amides is 1. The topological polar surface area (TPSA) is 84.2 Å². The minimum Gasteiger partial charge on any atom is -0.366 e. The number of nitrogens with two attached hydrogens (primary N) is 1. The molecule has 0 aliphatic rings. The predicted molar refractivity (Wildman–Crippen MR) is 97.8 cm³/mol. The largest absolute Gasteiger partial charge is 0.366 e. The average molecular weight is 425 g/mol. The van der Waals surface area contributed by atoms with Gasteiger partial charge in [-0.1, -0.05) is 12.1 Å². The number of carbonyl (C=O) groups excluding carboxylic acids is 2. The Hall–Kier alpha value is -2.00. The van der Waals surface area contributed by atoms with Crippen LogP contribution >= 0.6 is 34.8 Å². The number of anilines is 1. The fourth-order valence-electron chi connectivity index (χ4n) is 1.72. The first-order valence-corrected chi connectivity index (χ1v) is 7.72. The number of thiocarbonyl (C=S) groups is 1. The van der Waals surface area contributed by atoms with Gasteiger partial charge in [-0.05, 0) is 71.2 Å². The number of carbonyl (C=O) groups is 2. The Morgan fingerprint density at radius 3 is 2.41 bits per heavy atom. The Morgan fingerprint density at radius 2 is 1.73 bits per heavy atom. The van der Waals surface area contributed by atoms with Gasteiger partial charge in [-0.2, -0.15) is 0 Å². The third-order valence-corrected chi connectivity index (χ3v) is 3.59. The molecule has 0 spiro atoms. The Morgan fingerprint density at radius 1 is 1.05 bits per heavy atom. The Labute approximate surface area is 146 Å². The lowest BCUT2D eigenvalue weighted by molar-refractivity contribution is 0.0974. The van der Waals surface area contributed by atoms with E-state index in [1.54, 1.807) is 42.5 Å². The highest BCUT2D eigenvalue weighted by molar-refractivity contribution is 14.1. The van der Waals surface area contributed by atoms with E-state index in [9.17, 15) is 9.59 Å². The van der Waals surface area contributed by atoms with Crippen LogP contribution in [0.5, 0.6) is 0 Å². The van der Waals surface area contributed by atoms with Gasteiger partial charge in [-0.25, -0.2) is 0 Å². The van der Waals surface area contributed by atoms with Crippen molar-refractivity contribution in [3.63, 3.8) is 0 Å². The standard InChI is InChI=1S/C15H12IN3O2S/c16-11-5-1-4-10(7-11)14(21)19-15(22)18-12-6-2-3-9(8-12)13(17)20/h1-8H,(H2,17,20)(H2,18,19,21,22). The quantitative estimate of drug-likeness (QED) is 0.522. The summed E-state index contributed by atoms with van der Waals surface area (Å²) in [5, 5.41) is 5.57. The Balaban J connectivity index is 2.02. The van der Waals surface area contributed by atoms with Gasteiger partial charge >= 0.3 is 0 Å². The maximum atomic E-state index is 12.1. The normalized spacial score (nSPS) is 9.86. The van der Waals surface area contributed by atoms with E-state index in [2.05, 4.69) is 33.2 Å². The number of rotatable bonds is 3. The van der Waals surface area contributed by atoms with Crippen LogP contribution in [0.1, 0.15) is 20.7 Å². The van der Waals surface area contributed by atoms with E-state index in [1.807, 2.05) is 6.07 Å². The van der Waals surface area contributed by atoms with Crippen LogP contribution in [0.3, 0.4) is 0 Å². The maximum Gasteiger partial charge on any atom is 0.257 e. The summed E-state index contributed by atoms with van der Waals surface area (Å²) in [4.78, 5) is 23.2. The van der Waals surface area contributed by atoms with Crippen LogP contribution in [0, 0.1) is 3.57 Å². The first-order valence-electron chi connectivity index (χ1n) is 6.23. The van der Waals surface area contributed by atoms with Crippen LogP contribution in [-0.4, -0.2) is 16.9 Å². The summed E-state index contributed by atoms with van der Waals surface area (Å²) in [6.45, 7) is 0. The predicted octanol–water partition coefficient (Wildman–Crippen LogP) is 2.52. The molecule has 0 saturated carbocycles. The van der Waals surface area contributed by atoms with Gasteiger partial charge in [0.15, 0.2) is 5.11 Å². The van der Waals surface area contributed by atoms with Gasteiger partial charge in [-0.15, -0.1) is 0 Å². The van der Waals surface area contributed by atoms with Gasteiger partial charge in [0.2, 0.25) is 5.91 Å². The Bertz CT molecular complexity index is 749. The summed E-state index contributed by atoms with van der Waals surface area (Å²) in [7, 11) is 0. The summed E-state index contributed by atoms with van der Waals surface area (Å²) in [5.74, 6) is -0.834. The third kappa shape index (κ3) is 4.50. The van der Waals surface area contributed by atoms with E-state index < -0.39 is 5.91 Å². The number of benzene rings is 2. The number of nitrogens with one attached hydrogen (secondary N) is 2. The lowest BCUT2D eigenvalue weighted by Gasteiger charge is -2.10. The first-order chi connectivity index (χ1) is 10.5. The maximum absolute atomic E-state index is 12.1. The van der Waals surface area contributed by atoms with Crippen LogP contribution in [-0.2, 0) is 0 Å². The third-order valence-electron chi connectivity index (χ3n) is 2.72. The minimum absolute atomic E-state index is 0.144. The van der Waals surface area contributed by atoms with Crippen LogP contribution in [0.15, 0.2) is 48.5 Å². The molecule has 2 amide bonds. The minimum atomic E-state index is -0.530. The smallest absolute Gasteiger partial charge is 0.257 e. The van der Waals surface area contributed by atoms with Crippen molar-refractivity contribution in [3.8, 4) is 0 Å². The zero-order valence-electron chi connectivity index (χ0n) is 11.3. The van der Waals surface area contributed by atoms with Crippen molar-refractivity contribution in [2.45, 2.75) is 0 Å². The molecular weight excluding hydrogens is 413 g/mol. The van der Waals surface area contributed by atoms with Gasteiger partial charge in [0.25, 0.3) is 5.91 Å².